The highest BCUT2D eigenvalue weighted by atomic mass is 35.5. The van der Waals surface area contributed by atoms with E-state index < -0.39 is 21.8 Å². The predicted octanol–water partition coefficient (Wildman–Crippen LogP) is 4.62. The van der Waals surface area contributed by atoms with Gasteiger partial charge in [-0.15, -0.1) is 0 Å². The Hall–Kier alpha value is -1.18. The molecule has 0 spiro atoms. The highest BCUT2D eigenvalue weighted by Gasteiger charge is 2.29. The number of hydrogen-bond acceptors (Lipinski definition) is 4. The van der Waals surface area contributed by atoms with Crippen molar-refractivity contribution in [1.29, 1.82) is 0 Å². The Labute approximate surface area is 165 Å². The fourth-order valence-electron chi connectivity index (χ4n) is 2.04. The maximum atomic E-state index is 13.0. The van der Waals surface area contributed by atoms with Crippen molar-refractivity contribution in [2.45, 2.75) is 4.90 Å². The maximum Gasteiger partial charge on any atom is 0.264 e. The number of carbonyl (C=O) groups excluding carboxylic acids is 1. The molecule has 2 aromatic carbocycles. The number of hydrogen-bond donors (Lipinski definition) is 0. The van der Waals surface area contributed by atoms with Crippen LogP contribution in [-0.4, -0.2) is 27.3 Å². The first-order chi connectivity index (χ1) is 11.7. The van der Waals surface area contributed by atoms with E-state index >= 15 is 0 Å². The van der Waals surface area contributed by atoms with Crippen LogP contribution in [0.1, 0.15) is 0 Å². The summed E-state index contributed by atoms with van der Waals surface area (Å²) in [5, 5.41) is -0.378. The number of halogens is 4. The molecule has 0 radical (unpaired) electrons. The van der Waals surface area contributed by atoms with Gasteiger partial charge in [-0.1, -0.05) is 34.8 Å². The van der Waals surface area contributed by atoms with Crippen LogP contribution < -0.4 is 9.04 Å². The van der Waals surface area contributed by atoms with Gasteiger partial charge in [0.05, 0.1) is 27.7 Å². The van der Waals surface area contributed by atoms with Crippen LogP contribution in [0.3, 0.4) is 0 Å². The summed E-state index contributed by atoms with van der Waals surface area (Å²) in [4.78, 5) is 11.3. The van der Waals surface area contributed by atoms with Crippen LogP contribution in [0.4, 0.5) is 5.69 Å². The number of rotatable bonds is 6. The number of sulfonamides is 1. The van der Waals surface area contributed by atoms with Gasteiger partial charge >= 0.3 is 0 Å². The van der Waals surface area contributed by atoms with E-state index in [4.69, 9.17) is 51.1 Å². The zero-order valence-electron chi connectivity index (χ0n) is 12.7. The maximum absolute atomic E-state index is 13.0. The Bertz CT molecular complexity index is 918. The van der Waals surface area contributed by atoms with Crippen molar-refractivity contribution in [1.82, 2.24) is 0 Å². The third-order valence-corrected chi connectivity index (χ3v) is 6.01. The zero-order chi connectivity index (χ0) is 18.8. The van der Waals surface area contributed by atoms with E-state index in [1.54, 1.807) is 0 Å². The van der Waals surface area contributed by atoms with Gasteiger partial charge in [0.15, 0.2) is 0 Å². The van der Waals surface area contributed by atoms with E-state index in [-0.39, 0.29) is 31.4 Å². The van der Waals surface area contributed by atoms with Crippen LogP contribution in [0, 0.1) is 0 Å². The highest BCUT2D eigenvalue weighted by molar-refractivity contribution is 7.92. The Balaban J connectivity index is 2.66. The normalized spacial score (nSPS) is 11.2. The molecule has 10 heteroatoms. The largest absolute Gasteiger partial charge is 0.495 e. The van der Waals surface area contributed by atoms with E-state index in [0.717, 1.165) is 4.31 Å². The second-order valence-corrected chi connectivity index (χ2v) is 8.29. The monoisotopic (exact) mass is 441 g/mol. The molecule has 0 saturated heterocycles. The standard InChI is InChI=1S/C15H11Cl4NO4S/c1-24-14-5-2-9(16)6-13(14)20(8-15(19)21)25(22,23)10-3-4-11(17)12(18)7-10/h2-7H,8H2,1H3. The van der Waals surface area contributed by atoms with Crippen molar-refractivity contribution in [3.05, 3.63) is 51.5 Å². The minimum absolute atomic E-state index is 0.0537. The molecule has 2 aromatic rings. The summed E-state index contributed by atoms with van der Waals surface area (Å²) in [5.41, 5.74) is 0.0649. The molecule has 0 unspecified atom stereocenters. The van der Waals surface area contributed by atoms with Crippen LogP contribution in [0.5, 0.6) is 5.75 Å². The average molecular weight is 443 g/mol. The third-order valence-electron chi connectivity index (χ3n) is 3.16. The summed E-state index contributed by atoms with van der Waals surface area (Å²) < 4.78 is 32.0. The van der Waals surface area contributed by atoms with Crippen molar-refractivity contribution in [3.63, 3.8) is 0 Å². The van der Waals surface area contributed by atoms with E-state index in [9.17, 15) is 13.2 Å². The lowest BCUT2D eigenvalue weighted by Crippen LogP contribution is -2.34. The molecule has 0 aliphatic rings. The molecule has 0 heterocycles. The number of nitrogens with zero attached hydrogens (tertiary/aromatic N) is 1. The predicted molar refractivity (Wildman–Crippen MR) is 99.9 cm³/mol. The van der Waals surface area contributed by atoms with E-state index in [0.29, 0.717) is 0 Å². The van der Waals surface area contributed by atoms with Gasteiger partial charge in [-0.05, 0) is 48.0 Å². The molecule has 0 saturated carbocycles. The first-order valence-electron chi connectivity index (χ1n) is 6.66. The summed E-state index contributed by atoms with van der Waals surface area (Å²) in [6.45, 7) is -0.624. The first-order valence-corrected chi connectivity index (χ1v) is 9.61. The Morgan fingerprint density at radius 3 is 2.32 bits per heavy atom. The number of anilines is 1. The average Bonchev–Trinajstić information content (AvgIpc) is 2.54. The molecule has 5 nitrogen and oxygen atoms in total. The molecule has 0 N–H and O–H groups in total. The summed E-state index contributed by atoms with van der Waals surface area (Å²) in [5.74, 6) is 0.200. The quantitative estimate of drug-likeness (QED) is 0.612. The smallest absolute Gasteiger partial charge is 0.264 e. The molecule has 0 bridgehead atoms. The Morgan fingerprint density at radius 1 is 1.08 bits per heavy atom. The van der Waals surface area contributed by atoms with Gasteiger partial charge in [0.25, 0.3) is 10.0 Å². The minimum Gasteiger partial charge on any atom is -0.495 e. The second-order valence-electron chi connectivity index (χ2n) is 4.76. The fraction of sp³-hybridized carbons (Fsp3) is 0.133. The molecule has 25 heavy (non-hydrogen) atoms. The summed E-state index contributed by atoms with van der Waals surface area (Å²) in [6.07, 6.45) is 0. The van der Waals surface area contributed by atoms with Gasteiger partial charge in [0, 0.05) is 5.02 Å². The SMILES string of the molecule is COc1ccc(Cl)cc1N(CC(=O)Cl)S(=O)(=O)c1ccc(Cl)c(Cl)c1. The second kappa shape index (κ2) is 8.01. The number of methoxy groups -OCH3 is 1. The van der Waals surface area contributed by atoms with Crippen LogP contribution in [0.25, 0.3) is 0 Å². The third kappa shape index (κ3) is 4.51. The van der Waals surface area contributed by atoms with Gasteiger partial charge in [-0.2, -0.15) is 0 Å². The summed E-state index contributed by atoms with van der Waals surface area (Å²) in [6, 6.07) is 8.15. The topological polar surface area (TPSA) is 63.7 Å². The van der Waals surface area contributed by atoms with Gasteiger partial charge in [0.1, 0.15) is 12.3 Å². The lowest BCUT2D eigenvalue weighted by atomic mass is 10.3. The molecule has 2 rings (SSSR count). The number of carbonyl (C=O) groups is 1. The van der Waals surface area contributed by atoms with Crippen LogP contribution >= 0.6 is 46.4 Å². The van der Waals surface area contributed by atoms with Gasteiger partial charge in [-0.25, -0.2) is 8.42 Å². The number of benzene rings is 2. The molecule has 0 aliphatic carbocycles. The molecule has 134 valence electrons. The van der Waals surface area contributed by atoms with Crippen molar-refractivity contribution in [3.8, 4) is 5.75 Å². The number of ether oxygens (including phenoxy) is 1. The molecular formula is C15H11Cl4NO4S. The van der Waals surface area contributed by atoms with Crippen LogP contribution in [-0.2, 0) is 14.8 Å². The Morgan fingerprint density at radius 2 is 1.76 bits per heavy atom. The Kier molecular flexibility index (Phi) is 6.45. The molecule has 0 aliphatic heterocycles. The van der Waals surface area contributed by atoms with Crippen molar-refractivity contribution < 1.29 is 17.9 Å². The fourth-order valence-corrected chi connectivity index (χ4v) is 4.20. The lowest BCUT2D eigenvalue weighted by Gasteiger charge is -2.25. The van der Waals surface area contributed by atoms with Crippen LogP contribution in [0.15, 0.2) is 41.3 Å². The van der Waals surface area contributed by atoms with Crippen molar-refractivity contribution in [2.75, 3.05) is 18.0 Å². The van der Waals surface area contributed by atoms with Crippen molar-refractivity contribution >= 4 is 67.4 Å². The first kappa shape index (κ1) is 20.1. The van der Waals surface area contributed by atoms with Crippen molar-refractivity contribution in [2.24, 2.45) is 0 Å². The van der Waals surface area contributed by atoms with Gasteiger partial charge in [0.2, 0.25) is 5.24 Å². The van der Waals surface area contributed by atoms with E-state index in [1.807, 2.05) is 0 Å². The molecule has 0 amide bonds. The molecule has 0 aromatic heterocycles. The van der Waals surface area contributed by atoms with E-state index in [1.165, 1.54) is 43.5 Å². The molecular weight excluding hydrogens is 432 g/mol. The summed E-state index contributed by atoms with van der Waals surface area (Å²) >= 11 is 23.1. The zero-order valence-corrected chi connectivity index (χ0v) is 16.5. The highest BCUT2D eigenvalue weighted by Crippen LogP contribution is 2.36. The van der Waals surface area contributed by atoms with Gasteiger partial charge in [-0.3, -0.25) is 9.10 Å². The van der Waals surface area contributed by atoms with E-state index in [2.05, 4.69) is 0 Å². The lowest BCUT2D eigenvalue weighted by molar-refractivity contribution is -0.110. The molecule has 0 atom stereocenters. The van der Waals surface area contributed by atoms with Gasteiger partial charge < -0.3 is 4.74 Å². The van der Waals surface area contributed by atoms with Crippen LogP contribution in [0.2, 0.25) is 15.1 Å². The summed E-state index contributed by atoms with van der Waals surface area (Å²) in [7, 11) is -2.83. The molecule has 0 fully saturated rings. The minimum atomic E-state index is -4.19.